The highest BCUT2D eigenvalue weighted by molar-refractivity contribution is 7.28. The van der Waals surface area contributed by atoms with Crippen LogP contribution in [0.25, 0.3) is 266 Å². The molecule has 0 fully saturated rings. The SMILES string of the molecule is c1ccc(-c2ccc(-c3cc(-c4nc5ccc6c7ccccc7sc6c5c5ccccc45)nc4c3sc3ccccc34)cc2)cc1.c1ccc2cc(-c3nc(-c4nc5ccc6c7ccccc7sc6c5c5ccccc45)nc4c3sc3ccccc34)ccc2c1.c1ccc2cc(N(c3ccc(-c4cc5ccc6c7ccccc7sc6c5c5ccccc45)cc3)c3ccc4ccccc4c3)ccc2c1. The molecule has 0 aliphatic rings. The number of aromatic nitrogens is 5. The topological polar surface area (TPSA) is 67.7 Å². The molecule has 30 aromatic rings. The maximum atomic E-state index is 5.40. The summed E-state index contributed by atoms with van der Waals surface area (Å²) < 4.78 is 12.6. The Morgan fingerprint density at radius 1 is 0.174 bits per heavy atom. The molecular weight excluding hydrogens is 1770 g/mol. The van der Waals surface area contributed by atoms with Crippen molar-refractivity contribution in [2.75, 3.05) is 4.90 Å². The van der Waals surface area contributed by atoms with Crippen LogP contribution in [0.5, 0.6) is 0 Å². The summed E-state index contributed by atoms with van der Waals surface area (Å²) in [6, 6.07) is 162. The van der Waals surface area contributed by atoms with Crippen LogP contribution in [0, 0.1) is 0 Å². The van der Waals surface area contributed by atoms with Crippen molar-refractivity contribution >= 4 is 272 Å². The standard InChI is InChI=1S/C46H29NS.C42H24N2S2.C39H21N3S2/c1-3-11-33-27-37(24-17-30(33)9-1)47(38-25-18-31-10-2-4-12-34(31)28-38)36-22-19-32(20-23-36)43-29-35-21-26-42-40-14-7-8-16-44(40)48-46(42)45(35)41-15-6-5-13-39(41)43;1-2-10-25(11-3-1)26-18-20-27(21-19-26)33-24-35(44-40-32-15-7-9-17-37(32)46-42(33)40)39-30-14-5-4-13-29(30)38-34(43-39)23-22-31-28-12-6-8-16-36(28)45-41(31)38;1-2-10-23-21-24(18-17-22(23)9-1)34-38-35(29-14-6-8-16-32(29)44-38)42-39(41-34)36-27-13-4-3-12-26(27)33-30(40-36)20-19-28-25-11-5-7-15-31(25)43-37(28)33/h1-29H;1-24H;1-21H. The highest BCUT2D eigenvalue weighted by Gasteiger charge is 2.26. The third-order valence-corrected chi connectivity index (χ3v) is 33.5. The van der Waals surface area contributed by atoms with Crippen LogP contribution >= 0.6 is 56.7 Å². The second-order valence-electron chi connectivity index (χ2n) is 35.4. The summed E-state index contributed by atoms with van der Waals surface area (Å²) in [6.07, 6.45) is 0. The Morgan fingerprint density at radius 2 is 0.536 bits per heavy atom. The molecule has 0 aliphatic carbocycles. The number of hydrogen-bond donors (Lipinski definition) is 0. The van der Waals surface area contributed by atoms with E-state index in [-0.39, 0.29) is 0 Å². The Morgan fingerprint density at radius 3 is 1.09 bits per heavy atom. The van der Waals surface area contributed by atoms with E-state index < -0.39 is 0 Å². The molecule has 0 amide bonds. The van der Waals surface area contributed by atoms with Gasteiger partial charge in [0.2, 0.25) is 0 Å². The molecule has 0 unspecified atom stereocenters. The fraction of sp³-hybridized carbons (Fsp3) is 0. The molecule has 9 aromatic heterocycles. The highest BCUT2D eigenvalue weighted by atomic mass is 32.1. The molecule has 0 N–H and O–H groups in total. The lowest BCUT2D eigenvalue weighted by Crippen LogP contribution is -2.09. The number of benzene rings is 21. The smallest absolute Gasteiger partial charge is 0.180 e. The summed E-state index contributed by atoms with van der Waals surface area (Å²) in [7, 11) is 0. The number of nitrogens with zero attached hydrogens (tertiary/aromatic N) is 6. The van der Waals surface area contributed by atoms with Gasteiger partial charge in [-0.25, -0.2) is 24.9 Å². The summed E-state index contributed by atoms with van der Waals surface area (Å²) in [6.45, 7) is 0. The number of anilines is 3. The van der Waals surface area contributed by atoms with Gasteiger partial charge in [0.25, 0.3) is 0 Å². The first-order valence-electron chi connectivity index (χ1n) is 46.5. The van der Waals surface area contributed by atoms with Crippen LogP contribution in [-0.4, -0.2) is 24.9 Å². The molecular formula is C127H74N6S5. The van der Waals surface area contributed by atoms with Crippen molar-refractivity contribution < 1.29 is 0 Å². The predicted octanol–water partition coefficient (Wildman–Crippen LogP) is 37.7. The first-order valence-corrected chi connectivity index (χ1v) is 50.5. The van der Waals surface area contributed by atoms with Crippen molar-refractivity contribution in [3.05, 3.63) is 449 Å². The minimum Gasteiger partial charge on any atom is -0.310 e. The molecule has 0 saturated carbocycles. The summed E-state index contributed by atoms with van der Waals surface area (Å²) in [5, 5.41) is 29.7. The van der Waals surface area contributed by atoms with Crippen molar-refractivity contribution in [1.29, 1.82) is 0 Å². The van der Waals surface area contributed by atoms with Crippen LogP contribution in [0.2, 0.25) is 0 Å². The molecule has 138 heavy (non-hydrogen) atoms. The van der Waals surface area contributed by atoms with E-state index in [4.69, 9.17) is 24.9 Å². The Balaban J connectivity index is 0.000000102. The Hall–Kier alpha value is -16.6. The van der Waals surface area contributed by atoms with Crippen molar-refractivity contribution in [2.45, 2.75) is 0 Å². The summed E-state index contributed by atoms with van der Waals surface area (Å²) in [4.78, 5) is 29.1. The molecule has 9 heterocycles. The number of fused-ring (bicyclic) bond motifs is 30. The van der Waals surface area contributed by atoms with Gasteiger partial charge in [-0.3, -0.25) is 0 Å². The highest BCUT2D eigenvalue weighted by Crippen LogP contribution is 2.51. The van der Waals surface area contributed by atoms with E-state index in [1.165, 1.54) is 189 Å². The van der Waals surface area contributed by atoms with Crippen LogP contribution in [0.3, 0.4) is 0 Å². The quantitative estimate of drug-likeness (QED) is 0.134. The van der Waals surface area contributed by atoms with Crippen LogP contribution in [0.1, 0.15) is 0 Å². The van der Waals surface area contributed by atoms with Gasteiger partial charge < -0.3 is 4.90 Å². The van der Waals surface area contributed by atoms with Crippen LogP contribution in [-0.2, 0) is 0 Å². The van der Waals surface area contributed by atoms with E-state index in [9.17, 15) is 0 Å². The molecule has 642 valence electrons. The van der Waals surface area contributed by atoms with E-state index >= 15 is 0 Å². The van der Waals surface area contributed by atoms with E-state index in [2.05, 4.69) is 454 Å². The molecule has 0 atom stereocenters. The number of thiophene rings is 5. The summed E-state index contributed by atoms with van der Waals surface area (Å²) >= 11 is 9.18. The lowest BCUT2D eigenvalue weighted by molar-refractivity contribution is 1.21. The van der Waals surface area contributed by atoms with Gasteiger partial charge >= 0.3 is 0 Å². The number of rotatable bonds is 9. The van der Waals surface area contributed by atoms with Gasteiger partial charge in [-0.05, 0) is 184 Å². The van der Waals surface area contributed by atoms with Gasteiger partial charge in [0.15, 0.2) is 5.82 Å². The van der Waals surface area contributed by atoms with E-state index in [0.717, 1.165) is 88.3 Å². The number of pyridine rings is 3. The van der Waals surface area contributed by atoms with Crippen LogP contribution < -0.4 is 4.90 Å². The average molecular weight is 1840 g/mol. The number of hydrogen-bond acceptors (Lipinski definition) is 11. The molecule has 0 bridgehead atoms. The molecule has 0 spiro atoms. The third kappa shape index (κ3) is 13.3. The minimum atomic E-state index is 0.652. The molecule has 11 heteroatoms. The fourth-order valence-corrected chi connectivity index (χ4v) is 27.1. The van der Waals surface area contributed by atoms with E-state index in [0.29, 0.717) is 5.82 Å². The maximum Gasteiger partial charge on any atom is 0.180 e. The third-order valence-electron chi connectivity index (χ3n) is 27.5. The lowest BCUT2D eigenvalue weighted by Gasteiger charge is -2.26. The molecule has 21 aromatic carbocycles. The van der Waals surface area contributed by atoms with Crippen LogP contribution in [0.4, 0.5) is 17.1 Å². The zero-order chi connectivity index (χ0) is 90.6. The van der Waals surface area contributed by atoms with Gasteiger partial charge in [-0.15, -0.1) is 56.7 Å². The van der Waals surface area contributed by atoms with Gasteiger partial charge in [-0.1, -0.05) is 352 Å². The van der Waals surface area contributed by atoms with Gasteiger partial charge in [0.1, 0.15) is 5.69 Å². The van der Waals surface area contributed by atoms with Gasteiger partial charge in [0.05, 0.1) is 48.5 Å². The van der Waals surface area contributed by atoms with Crippen molar-refractivity contribution in [3.63, 3.8) is 0 Å². The minimum absolute atomic E-state index is 0.652. The van der Waals surface area contributed by atoms with Crippen molar-refractivity contribution in [1.82, 2.24) is 24.9 Å². The average Bonchev–Trinajstić information content (AvgIpc) is 1.47. The van der Waals surface area contributed by atoms with Crippen molar-refractivity contribution in [2.24, 2.45) is 0 Å². The first-order chi connectivity index (χ1) is 68.4. The zero-order valence-corrected chi connectivity index (χ0v) is 78.0. The molecule has 0 saturated heterocycles. The molecule has 6 nitrogen and oxygen atoms in total. The van der Waals surface area contributed by atoms with E-state index in [1.807, 2.05) is 45.3 Å². The summed E-state index contributed by atoms with van der Waals surface area (Å²) in [5.74, 6) is 0.652. The summed E-state index contributed by atoms with van der Waals surface area (Å²) in [5.41, 5.74) is 19.3. The molecule has 0 radical (unpaired) electrons. The maximum absolute atomic E-state index is 5.40. The zero-order valence-electron chi connectivity index (χ0n) is 73.9. The van der Waals surface area contributed by atoms with Gasteiger partial charge in [-0.2, -0.15) is 0 Å². The largest absolute Gasteiger partial charge is 0.310 e. The van der Waals surface area contributed by atoms with Crippen molar-refractivity contribution in [3.8, 4) is 67.5 Å². The normalized spacial score (nSPS) is 11.9. The van der Waals surface area contributed by atoms with Gasteiger partial charge in [0, 0.05) is 136 Å². The lowest BCUT2D eigenvalue weighted by atomic mass is 9.92. The second-order valence-corrected chi connectivity index (χ2v) is 40.7. The predicted molar refractivity (Wildman–Crippen MR) is 598 cm³/mol. The molecule has 30 rings (SSSR count). The van der Waals surface area contributed by atoms with E-state index in [1.54, 1.807) is 11.3 Å². The Labute approximate surface area is 811 Å². The monoisotopic (exact) mass is 1840 g/mol. The first kappa shape index (κ1) is 79.9. The Bertz CT molecular complexity index is 10200. The fourth-order valence-electron chi connectivity index (χ4n) is 21.0. The Kier molecular flexibility index (Phi) is 18.9. The molecule has 0 aliphatic heterocycles. The second kappa shape index (κ2) is 32.6. The van der Waals surface area contributed by atoms with Crippen LogP contribution in [0.15, 0.2) is 449 Å².